The van der Waals surface area contributed by atoms with Gasteiger partial charge in [-0.05, 0) is 18.2 Å². The van der Waals surface area contributed by atoms with E-state index in [4.69, 9.17) is 33.0 Å². The zero-order valence-electron chi connectivity index (χ0n) is 9.86. The van der Waals surface area contributed by atoms with Crippen LogP contribution in [0.2, 0.25) is 10.0 Å². The number of hydrogen-bond acceptors (Lipinski definition) is 3. The minimum atomic E-state index is -0.774. The van der Waals surface area contributed by atoms with Crippen molar-refractivity contribution in [1.82, 2.24) is 0 Å². The van der Waals surface area contributed by atoms with Crippen LogP contribution in [0.1, 0.15) is 6.92 Å². The molecule has 1 aromatic carbocycles. The quantitative estimate of drug-likeness (QED) is 0.778. The van der Waals surface area contributed by atoms with E-state index in [0.29, 0.717) is 28.2 Å². The third-order valence-corrected chi connectivity index (χ3v) is 3.89. The molecule has 0 saturated carbocycles. The maximum absolute atomic E-state index is 10.6. The maximum atomic E-state index is 10.6. The van der Waals surface area contributed by atoms with E-state index < -0.39 is 5.97 Å². The average molecular weight is 309 g/mol. The Hall–Kier alpha value is -0.580. The first kappa shape index (κ1) is 15.5. The van der Waals surface area contributed by atoms with E-state index in [1.54, 1.807) is 36.9 Å². The Morgan fingerprint density at radius 2 is 2.22 bits per heavy atom. The monoisotopic (exact) mass is 308 g/mol. The van der Waals surface area contributed by atoms with E-state index in [9.17, 15) is 4.79 Å². The predicted molar refractivity (Wildman–Crippen MR) is 76.1 cm³/mol. The smallest absolute Gasteiger partial charge is 0.307 e. The molecular formula is C12H14Cl2O3S. The van der Waals surface area contributed by atoms with Crippen molar-refractivity contribution in [2.45, 2.75) is 6.92 Å². The van der Waals surface area contributed by atoms with Crippen molar-refractivity contribution in [2.75, 3.05) is 18.1 Å². The van der Waals surface area contributed by atoms with Gasteiger partial charge < -0.3 is 9.84 Å². The lowest BCUT2D eigenvalue weighted by Crippen LogP contribution is -2.13. The molecule has 0 bridgehead atoms. The highest BCUT2D eigenvalue weighted by Gasteiger charge is 2.10. The Labute approximate surface area is 120 Å². The maximum Gasteiger partial charge on any atom is 0.307 e. The lowest BCUT2D eigenvalue weighted by molar-refractivity contribution is -0.140. The second-order valence-corrected chi connectivity index (χ2v) is 5.73. The highest BCUT2D eigenvalue weighted by Crippen LogP contribution is 2.27. The van der Waals surface area contributed by atoms with Crippen LogP contribution in [0.15, 0.2) is 18.2 Å². The number of rotatable bonds is 7. The van der Waals surface area contributed by atoms with Crippen LogP contribution >= 0.6 is 35.0 Å². The Kier molecular flexibility index (Phi) is 6.68. The number of carbonyl (C=O) groups is 1. The van der Waals surface area contributed by atoms with Crippen LogP contribution in [0.5, 0.6) is 5.75 Å². The molecule has 6 heteroatoms. The van der Waals surface area contributed by atoms with Crippen LogP contribution in [0, 0.1) is 5.92 Å². The molecule has 0 radical (unpaired) electrons. The third-order valence-electron chi connectivity index (χ3n) is 2.17. The molecule has 0 aliphatic carbocycles. The molecule has 0 saturated heterocycles. The van der Waals surface area contributed by atoms with Crippen LogP contribution in [0.3, 0.4) is 0 Å². The van der Waals surface area contributed by atoms with Crippen molar-refractivity contribution >= 4 is 40.9 Å². The van der Waals surface area contributed by atoms with Crippen molar-refractivity contribution in [3.8, 4) is 5.75 Å². The van der Waals surface area contributed by atoms with Gasteiger partial charge >= 0.3 is 5.97 Å². The van der Waals surface area contributed by atoms with Gasteiger partial charge in [0, 0.05) is 16.5 Å². The fourth-order valence-electron chi connectivity index (χ4n) is 1.13. The fourth-order valence-corrected chi connectivity index (χ4v) is 2.46. The molecule has 0 aliphatic heterocycles. The second-order valence-electron chi connectivity index (χ2n) is 3.74. The molecule has 1 rings (SSSR count). The number of thioether (sulfide) groups is 1. The first-order valence-electron chi connectivity index (χ1n) is 5.39. The van der Waals surface area contributed by atoms with Gasteiger partial charge in [-0.2, -0.15) is 11.8 Å². The molecule has 0 amide bonds. The third kappa shape index (κ3) is 5.38. The predicted octanol–water partition coefficient (Wildman–Crippen LogP) is 3.83. The van der Waals surface area contributed by atoms with E-state index in [1.807, 2.05) is 0 Å². The Balaban J connectivity index is 2.24. The summed E-state index contributed by atoms with van der Waals surface area (Å²) in [4.78, 5) is 10.6. The molecule has 18 heavy (non-hydrogen) atoms. The normalized spacial score (nSPS) is 12.2. The molecule has 1 unspecified atom stereocenters. The molecule has 0 spiro atoms. The number of ether oxygens (including phenoxy) is 1. The zero-order chi connectivity index (χ0) is 13.5. The summed E-state index contributed by atoms with van der Waals surface area (Å²) in [7, 11) is 0. The van der Waals surface area contributed by atoms with E-state index in [0.717, 1.165) is 5.75 Å². The molecule has 0 heterocycles. The highest BCUT2D eigenvalue weighted by atomic mass is 35.5. The SMILES string of the molecule is CC(CSCCOc1ccc(Cl)cc1Cl)C(=O)O. The van der Waals surface area contributed by atoms with Crippen molar-refractivity contribution in [3.05, 3.63) is 28.2 Å². The van der Waals surface area contributed by atoms with Crippen LogP contribution < -0.4 is 4.74 Å². The topological polar surface area (TPSA) is 46.5 Å². The lowest BCUT2D eigenvalue weighted by atomic mass is 10.2. The summed E-state index contributed by atoms with van der Waals surface area (Å²) in [5.74, 6) is 0.773. The van der Waals surface area contributed by atoms with Crippen LogP contribution in [-0.4, -0.2) is 29.2 Å². The largest absolute Gasteiger partial charge is 0.491 e. The number of hydrogen-bond donors (Lipinski definition) is 1. The standard InChI is InChI=1S/C12H14Cl2O3S/c1-8(12(15)16)7-18-5-4-17-11-3-2-9(13)6-10(11)14/h2-3,6,8H,4-5,7H2,1H3,(H,15,16). The fraction of sp³-hybridized carbons (Fsp3) is 0.417. The van der Waals surface area contributed by atoms with Gasteiger partial charge in [-0.3, -0.25) is 4.79 Å². The number of halogens is 2. The molecule has 3 nitrogen and oxygen atoms in total. The van der Waals surface area contributed by atoms with Gasteiger partial charge in [-0.1, -0.05) is 30.1 Å². The van der Waals surface area contributed by atoms with E-state index in [-0.39, 0.29) is 5.92 Å². The van der Waals surface area contributed by atoms with Gasteiger partial charge in [0.2, 0.25) is 0 Å². The minimum Gasteiger partial charge on any atom is -0.491 e. The van der Waals surface area contributed by atoms with Gasteiger partial charge in [-0.15, -0.1) is 0 Å². The number of aliphatic carboxylic acids is 1. The van der Waals surface area contributed by atoms with E-state index >= 15 is 0 Å². The number of carboxylic acids is 1. The Morgan fingerprint density at radius 3 is 2.83 bits per heavy atom. The molecule has 1 atom stereocenters. The minimum absolute atomic E-state index is 0.339. The Bertz CT molecular complexity index is 412. The van der Waals surface area contributed by atoms with E-state index in [1.165, 1.54) is 0 Å². The van der Waals surface area contributed by atoms with Gasteiger partial charge in [0.15, 0.2) is 0 Å². The molecule has 1 aromatic rings. The lowest BCUT2D eigenvalue weighted by Gasteiger charge is -2.09. The van der Waals surface area contributed by atoms with Gasteiger partial charge in [0.25, 0.3) is 0 Å². The first-order chi connectivity index (χ1) is 8.50. The molecule has 0 aromatic heterocycles. The first-order valence-corrected chi connectivity index (χ1v) is 7.30. The molecule has 100 valence electrons. The summed E-state index contributed by atoms with van der Waals surface area (Å²) in [6, 6.07) is 5.05. The number of carboxylic acid groups (broad SMARTS) is 1. The summed E-state index contributed by atoms with van der Waals surface area (Å²) in [6.07, 6.45) is 0. The average Bonchev–Trinajstić information content (AvgIpc) is 2.30. The van der Waals surface area contributed by atoms with Crippen LogP contribution in [-0.2, 0) is 4.79 Å². The summed E-state index contributed by atoms with van der Waals surface area (Å²) >= 11 is 13.2. The molecule has 1 N–H and O–H groups in total. The molecule has 0 fully saturated rings. The molecular weight excluding hydrogens is 295 g/mol. The summed E-state index contributed by atoms with van der Waals surface area (Å²) in [5.41, 5.74) is 0. The van der Waals surface area contributed by atoms with Crippen molar-refractivity contribution in [1.29, 1.82) is 0 Å². The van der Waals surface area contributed by atoms with Crippen molar-refractivity contribution in [3.63, 3.8) is 0 Å². The van der Waals surface area contributed by atoms with Gasteiger partial charge in [-0.25, -0.2) is 0 Å². The van der Waals surface area contributed by atoms with Crippen LogP contribution in [0.25, 0.3) is 0 Å². The molecule has 0 aliphatic rings. The highest BCUT2D eigenvalue weighted by molar-refractivity contribution is 7.99. The summed E-state index contributed by atoms with van der Waals surface area (Å²) < 4.78 is 5.48. The Morgan fingerprint density at radius 1 is 1.50 bits per heavy atom. The zero-order valence-corrected chi connectivity index (χ0v) is 12.2. The van der Waals surface area contributed by atoms with Gasteiger partial charge in [0.1, 0.15) is 5.75 Å². The van der Waals surface area contributed by atoms with Crippen LogP contribution in [0.4, 0.5) is 0 Å². The van der Waals surface area contributed by atoms with Crippen molar-refractivity contribution in [2.24, 2.45) is 5.92 Å². The number of benzene rings is 1. The van der Waals surface area contributed by atoms with Gasteiger partial charge in [0.05, 0.1) is 17.5 Å². The van der Waals surface area contributed by atoms with Crippen molar-refractivity contribution < 1.29 is 14.6 Å². The summed E-state index contributed by atoms with van der Waals surface area (Å²) in [5, 5.41) is 9.75. The summed E-state index contributed by atoms with van der Waals surface area (Å²) in [6.45, 7) is 2.17. The second kappa shape index (κ2) is 7.77. The van der Waals surface area contributed by atoms with E-state index in [2.05, 4.69) is 0 Å².